The molecule has 1 atom stereocenters. The Morgan fingerprint density at radius 2 is 1.44 bits per heavy atom. The molecule has 0 aromatic heterocycles. The molecule has 5 N–H and O–H groups in total. The number of aliphatic hydroxyl groups is 2. The summed E-state index contributed by atoms with van der Waals surface area (Å²) in [5.41, 5.74) is 0.256. The zero-order chi connectivity index (χ0) is 20.7. The van der Waals surface area contributed by atoms with Crippen LogP contribution in [0.4, 0.5) is 9.59 Å². The van der Waals surface area contributed by atoms with E-state index in [9.17, 15) is 19.5 Å². The molecule has 156 valence electrons. The molecule has 0 aromatic rings. The topological polar surface area (TPSA) is 154 Å². The highest BCUT2D eigenvalue weighted by atomic mass is 16.6. The number of unbranched alkanes of at least 4 members (excludes halogenated alkanes) is 3. The normalized spacial score (nSPS) is 12.6. The maximum absolute atomic E-state index is 11.5. The van der Waals surface area contributed by atoms with Crippen molar-refractivity contribution in [3.63, 3.8) is 0 Å². The first kappa shape index (κ1) is 24.7. The molecule has 0 bridgehead atoms. The minimum Gasteiger partial charge on any atom is -0.478 e. The first-order valence-corrected chi connectivity index (χ1v) is 8.80. The van der Waals surface area contributed by atoms with E-state index < -0.39 is 24.3 Å². The van der Waals surface area contributed by atoms with Gasteiger partial charge in [0.1, 0.15) is 19.3 Å². The van der Waals surface area contributed by atoms with Gasteiger partial charge in [-0.15, -0.1) is 0 Å². The Balaban J connectivity index is 3.69. The van der Waals surface area contributed by atoms with E-state index in [4.69, 9.17) is 14.9 Å². The fraction of sp³-hybridized carbons (Fsp3) is 0.706. The number of rotatable bonds is 13. The lowest BCUT2D eigenvalue weighted by Crippen LogP contribution is -2.29. The van der Waals surface area contributed by atoms with Crippen molar-refractivity contribution in [1.82, 2.24) is 10.6 Å². The quantitative estimate of drug-likeness (QED) is 0.228. The largest absolute Gasteiger partial charge is 0.478 e. The summed E-state index contributed by atoms with van der Waals surface area (Å²) in [7, 11) is 0. The third-order valence-corrected chi connectivity index (χ3v) is 3.75. The van der Waals surface area contributed by atoms with E-state index in [0.717, 1.165) is 25.7 Å². The van der Waals surface area contributed by atoms with Crippen LogP contribution in [0, 0.1) is 0 Å². The molecule has 0 spiro atoms. The van der Waals surface area contributed by atoms with E-state index in [0.29, 0.717) is 13.1 Å². The molecule has 10 nitrogen and oxygen atoms in total. The van der Waals surface area contributed by atoms with Gasteiger partial charge >= 0.3 is 18.2 Å². The second-order valence-electron chi connectivity index (χ2n) is 5.85. The highest BCUT2D eigenvalue weighted by Crippen LogP contribution is 2.09. The fourth-order valence-corrected chi connectivity index (χ4v) is 1.92. The van der Waals surface area contributed by atoms with E-state index in [2.05, 4.69) is 15.4 Å². The van der Waals surface area contributed by atoms with E-state index in [-0.39, 0.29) is 31.0 Å². The summed E-state index contributed by atoms with van der Waals surface area (Å²) in [5.74, 6) is -1.13. The maximum Gasteiger partial charge on any atom is 0.407 e. The molecule has 0 aliphatic heterocycles. The number of carboxylic acids is 1. The number of alkyl carbamates (subject to hydrolysis) is 2. The van der Waals surface area contributed by atoms with Gasteiger partial charge in [-0.25, -0.2) is 14.4 Å². The lowest BCUT2D eigenvalue weighted by molar-refractivity contribution is -0.132. The van der Waals surface area contributed by atoms with Gasteiger partial charge in [0, 0.05) is 18.7 Å². The van der Waals surface area contributed by atoms with Gasteiger partial charge in [0.15, 0.2) is 0 Å². The van der Waals surface area contributed by atoms with Crippen LogP contribution < -0.4 is 10.6 Å². The summed E-state index contributed by atoms with van der Waals surface area (Å²) in [6, 6.07) is 0. The predicted octanol–water partition coefficient (Wildman–Crippen LogP) is 0.773. The summed E-state index contributed by atoms with van der Waals surface area (Å²) in [5, 5.41) is 32.2. The van der Waals surface area contributed by atoms with Crippen LogP contribution in [0.5, 0.6) is 0 Å². The molecule has 10 heteroatoms. The van der Waals surface area contributed by atoms with Crippen LogP contribution in [-0.2, 0) is 14.3 Å². The van der Waals surface area contributed by atoms with Crippen LogP contribution in [0.3, 0.4) is 0 Å². The monoisotopic (exact) mass is 390 g/mol. The highest BCUT2D eigenvalue weighted by molar-refractivity contribution is 5.86. The molecule has 1 unspecified atom stereocenters. The lowest BCUT2D eigenvalue weighted by Gasteiger charge is -2.14. The van der Waals surface area contributed by atoms with E-state index in [1.165, 1.54) is 13.8 Å². The van der Waals surface area contributed by atoms with Crippen molar-refractivity contribution in [1.29, 1.82) is 0 Å². The van der Waals surface area contributed by atoms with Crippen molar-refractivity contribution >= 4 is 18.2 Å². The van der Waals surface area contributed by atoms with Gasteiger partial charge < -0.3 is 35.4 Å². The van der Waals surface area contributed by atoms with Crippen molar-refractivity contribution in [2.24, 2.45) is 0 Å². The molecule has 0 radical (unpaired) electrons. The van der Waals surface area contributed by atoms with Gasteiger partial charge in [0.25, 0.3) is 0 Å². The van der Waals surface area contributed by atoms with Crippen LogP contribution in [0.25, 0.3) is 0 Å². The fourth-order valence-electron chi connectivity index (χ4n) is 1.92. The van der Waals surface area contributed by atoms with Crippen LogP contribution >= 0.6 is 0 Å². The van der Waals surface area contributed by atoms with Gasteiger partial charge in [0.2, 0.25) is 0 Å². The minimum atomic E-state index is -1.16. The van der Waals surface area contributed by atoms with Crippen molar-refractivity contribution in [3.05, 3.63) is 11.1 Å². The smallest absolute Gasteiger partial charge is 0.407 e. The Hall–Kier alpha value is -2.33. The Labute approximate surface area is 158 Å². The van der Waals surface area contributed by atoms with Gasteiger partial charge in [-0.1, -0.05) is 12.8 Å². The summed E-state index contributed by atoms with van der Waals surface area (Å²) in [6.07, 6.45) is 0.790. The average Bonchev–Trinajstić information content (AvgIpc) is 2.64. The van der Waals surface area contributed by atoms with Crippen LogP contribution in [-0.4, -0.2) is 72.5 Å². The first-order chi connectivity index (χ1) is 12.8. The number of nitrogens with one attached hydrogen (secondary N) is 2. The molecule has 0 fully saturated rings. The molecule has 0 aromatic carbocycles. The maximum atomic E-state index is 11.5. The third-order valence-electron chi connectivity index (χ3n) is 3.75. The first-order valence-electron chi connectivity index (χ1n) is 8.80. The lowest BCUT2D eigenvalue weighted by atomic mass is 10.1. The Morgan fingerprint density at radius 3 is 1.93 bits per heavy atom. The number of hydrogen-bond acceptors (Lipinski definition) is 7. The van der Waals surface area contributed by atoms with E-state index in [1.54, 1.807) is 0 Å². The molecule has 0 saturated heterocycles. The number of hydrogen-bond donors (Lipinski definition) is 5. The van der Waals surface area contributed by atoms with Crippen molar-refractivity contribution in [2.75, 3.05) is 32.9 Å². The molecule has 0 aliphatic carbocycles. The van der Waals surface area contributed by atoms with Gasteiger partial charge in [-0.3, -0.25) is 0 Å². The second-order valence-corrected chi connectivity index (χ2v) is 5.85. The minimum absolute atomic E-state index is 0.0163. The molecule has 27 heavy (non-hydrogen) atoms. The van der Waals surface area contributed by atoms with Gasteiger partial charge in [0.05, 0.1) is 6.61 Å². The Kier molecular flexibility index (Phi) is 13.5. The van der Waals surface area contributed by atoms with Crippen LogP contribution in [0.15, 0.2) is 11.1 Å². The van der Waals surface area contributed by atoms with E-state index >= 15 is 0 Å². The Bertz CT molecular complexity index is 507. The number of aliphatic hydroxyl groups excluding tert-OH is 2. The standard InChI is InChI=1S/C17H30N2O8/c1-12(13(2)15(22)23)14(21)11-27-17(25)19-8-6-4-3-5-7-18-16(24)26-10-9-20/h14,20-21H,3-11H2,1-2H3,(H,18,24)(H,19,25)(H,22,23). The molecule has 0 saturated carbocycles. The van der Waals surface area contributed by atoms with E-state index in [1.807, 2.05) is 0 Å². The number of aliphatic carboxylic acids is 1. The Morgan fingerprint density at radius 1 is 0.926 bits per heavy atom. The number of carbonyl (C=O) groups is 3. The molecule has 0 rings (SSSR count). The molecule has 0 aliphatic rings. The number of amides is 2. The number of carbonyl (C=O) groups excluding carboxylic acids is 2. The molecular formula is C17H30N2O8. The summed E-state index contributed by atoms with van der Waals surface area (Å²) < 4.78 is 9.48. The summed E-state index contributed by atoms with van der Waals surface area (Å²) >= 11 is 0. The summed E-state index contributed by atoms with van der Waals surface area (Å²) in [6.45, 7) is 3.16. The SMILES string of the molecule is CC(C(=O)O)=C(C)C(O)COC(=O)NCCCCCCNC(=O)OCCO. The molecule has 2 amide bonds. The molecular weight excluding hydrogens is 360 g/mol. The van der Waals surface area contributed by atoms with Crippen molar-refractivity contribution < 1.29 is 39.2 Å². The van der Waals surface area contributed by atoms with Crippen molar-refractivity contribution in [3.8, 4) is 0 Å². The van der Waals surface area contributed by atoms with Crippen LogP contribution in [0.2, 0.25) is 0 Å². The second kappa shape index (κ2) is 14.8. The zero-order valence-electron chi connectivity index (χ0n) is 15.8. The van der Waals surface area contributed by atoms with Gasteiger partial charge in [-0.05, 0) is 32.3 Å². The van der Waals surface area contributed by atoms with Crippen molar-refractivity contribution in [2.45, 2.75) is 45.6 Å². The number of ether oxygens (including phenoxy) is 2. The predicted molar refractivity (Wildman–Crippen MR) is 96.3 cm³/mol. The third kappa shape index (κ3) is 12.6. The number of carboxylic acid groups (broad SMARTS) is 1. The highest BCUT2D eigenvalue weighted by Gasteiger charge is 2.15. The average molecular weight is 390 g/mol. The van der Waals surface area contributed by atoms with Crippen LogP contribution in [0.1, 0.15) is 39.5 Å². The summed E-state index contributed by atoms with van der Waals surface area (Å²) in [4.78, 5) is 33.4. The molecule has 0 heterocycles. The van der Waals surface area contributed by atoms with Gasteiger partial charge in [-0.2, -0.15) is 0 Å². The zero-order valence-corrected chi connectivity index (χ0v) is 15.8.